The number of rotatable bonds is 7. The number of benzene rings is 2. The Labute approximate surface area is 182 Å². The topological polar surface area (TPSA) is 118 Å². The molecule has 1 atom stereocenters. The maximum atomic E-state index is 12.3. The number of imide groups is 1. The van der Waals surface area contributed by atoms with Gasteiger partial charge in [-0.05, 0) is 24.3 Å². The zero-order valence-electron chi connectivity index (χ0n) is 16.4. The van der Waals surface area contributed by atoms with Crippen molar-refractivity contribution in [1.29, 1.82) is 0 Å². The normalized spacial score (nSPS) is 15.8. The van der Waals surface area contributed by atoms with Gasteiger partial charge < -0.3 is 10.6 Å². The number of nitrogens with zero attached hydrogens (tertiary/aromatic N) is 3. The smallest absolute Gasteiger partial charge is 0.321 e. The fraction of sp³-hybridized carbons (Fsp3) is 0.190. The molecule has 2 aromatic carbocycles. The summed E-state index contributed by atoms with van der Waals surface area (Å²) in [4.78, 5) is 35.7. The fourth-order valence-electron chi connectivity index (χ4n) is 3.23. The molecule has 0 spiro atoms. The van der Waals surface area contributed by atoms with Crippen LogP contribution >= 0.6 is 11.8 Å². The number of carbonyl (C=O) groups excluding carboxylic acids is 3. The van der Waals surface area contributed by atoms with E-state index in [4.69, 9.17) is 0 Å². The van der Waals surface area contributed by atoms with Crippen molar-refractivity contribution in [1.82, 2.24) is 25.4 Å². The Morgan fingerprint density at radius 2 is 1.77 bits per heavy atom. The molecule has 0 saturated carbocycles. The van der Waals surface area contributed by atoms with Crippen LogP contribution < -0.4 is 16.0 Å². The molecule has 1 aliphatic heterocycles. The Kier molecular flexibility index (Phi) is 6.27. The molecule has 4 amide bonds. The average molecular weight is 436 g/mol. The molecule has 158 valence electrons. The molecule has 4 rings (SSSR count). The monoisotopic (exact) mass is 436 g/mol. The Morgan fingerprint density at radius 3 is 2.48 bits per heavy atom. The summed E-state index contributed by atoms with van der Waals surface area (Å²) < 4.78 is 1.85. The van der Waals surface area contributed by atoms with Crippen LogP contribution in [-0.4, -0.2) is 44.4 Å². The molecule has 0 bridgehead atoms. The van der Waals surface area contributed by atoms with E-state index in [1.807, 2.05) is 65.2 Å². The highest BCUT2D eigenvalue weighted by Crippen LogP contribution is 2.23. The van der Waals surface area contributed by atoms with Crippen LogP contribution in [0.3, 0.4) is 0 Å². The summed E-state index contributed by atoms with van der Waals surface area (Å²) in [6, 6.07) is 17.8. The maximum absolute atomic E-state index is 12.3. The van der Waals surface area contributed by atoms with Gasteiger partial charge in [0.05, 0.1) is 5.75 Å². The summed E-state index contributed by atoms with van der Waals surface area (Å²) in [5.41, 5.74) is 1.56. The number of carbonyl (C=O) groups is 3. The average Bonchev–Trinajstić information content (AvgIpc) is 3.15. The third-order valence-electron chi connectivity index (χ3n) is 4.55. The van der Waals surface area contributed by atoms with Crippen LogP contribution in [0.25, 0.3) is 5.69 Å². The number of urea groups is 1. The summed E-state index contributed by atoms with van der Waals surface area (Å²) in [6.07, 6.45) is 0.493. The standard InChI is InChI=1S/C21H20N6O3S/c28-18-12-15(23-20(30)24-18)11-17-25-26-21(27(17)16-9-5-2-6-10-16)31-13-19(29)22-14-7-3-1-4-8-14/h1-10,15H,11-13H2,(H,22,29)(H2,23,24,28,30). The second-order valence-corrected chi connectivity index (χ2v) is 7.84. The van der Waals surface area contributed by atoms with Crippen LogP contribution in [0.5, 0.6) is 0 Å². The van der Waals surface area contributed by atoms with Gasteiger partial charge in [0.15, 0.2) is 5.16 Å². The lowest BCUT2D eigenvalue weighted by atomic mass is 10.1. The summed E-state index contributed by atoms with van der Waals surface area (Å²) in [7, 11) is 0. The minimum atomic E-state index is -0.515. The van der Waals surface area contributed by atoms with E-state index in [1.54, 1.807) is 0 Å². The van der Waals surface area contributed by atoms with Gasteiger partial charge in [-0.1, -0.05) is 48.2 Å². The van der Waals surface area contributed by atoms with Crippen LogP contribution in [0.2, 0.25) is 0 Å². The van der Waals surface area contributed by atoms with Crippen molar-refractivity contribution in [3.63, 3.8) is 0 Å². The fourth-order valence-corrected chi connectivity index (χ4v) is 4.00. The summed E-state index contributed by atoms with van der Waals surface area (Å²) >= 11 is 1.26. The molecule has 1 saturated heterocycles. The highest BCUT2D eigenvalue weighted by atomic mass is 32.2. The summed E-state index contributed by atoms with van der Waals surface area (Å²) in [5, 5.41) is 16.9. The van der Waals surface area contributed by atoms with Gasteiger partial charge in [0.2, 0.25) is 11.8 Å². The molecule has 9 nitrogen and oxygen atoms in total. The molecule has 1 aliphatic rings. The first kappa shape index (κ1) is 20.6. The van der Waals surface area contributed by atoms with Gasteiger partial charge in [-0.3, -0.25) is 19.5 Å². The maximum Gasteiger partial charge on any atom is 0.321 e. The largest absolute Gasteiger partial charge is 0.334 e. The number of anilines is 1. The van der Waals surface area contributed by atoms with Crippen LogP contribution in [0.1, 0.15) is 12.2 Å². The highest BCUT2D eigenvalue weighted by molar-refractivity contribution is 7.99. The number of amides is 4. The molecule has 1 fully saturated rings. The Balaban J connectivity index is 1.51. The molecule has 1 aromatic heterocycles. The molecular weight excluding hydrogens is 416 g/mol. The van der Waals surface area contributed by atoms with E-state index in [0.717, 1.165) is 11.4 Å². The lowest BCUT2D eigenvalue weighted by Crippen LogP contribution is -2.53. The predicted molar refractivity (Wildman–Crippen MR) is 116 cm³/mol. The minimum Gasteiger partial charge on any atom is -0.334 e. The minimum absolute atomic E-state index is 0.155. The quantitative estimate of drug-likeness (QED) is 0.489. The second kappa shape index (κ2) is 9.43. The first-order valence-electron chi connectivity index (χ1n) is 9.66. The Hall–Kier alpha value is -3.66. The Bertz CT molecular complexity index is 1070. The first-order valence-corrected chi connectivity index (χ1v) is 10.6. The number of hydrogen-bond acceptors (Lipinski definition) is 6. The van der Waals surface area contributed by atoms with Gasteiger partial charge in [-0.25, -0.2) is 4.79 Å². The molecule has 0 aliphatic carbocycles. The third-order valence-corrected chi connectivity index (χ3v) is 5.48. The number of nitrogens with one attached hydrogen (secondary N) is 3. The SMILES string of the molecule is O=C1CC(Cc2nnc(SCC(=O)Nc3ccccc3)n2-c2ccccc2)NC(=O)N1. The van der Waals surface area contributed by atoms with Gasteiger partial charge in [-0.2, -0.15) is 0 Å². The molecule has 3 aromatic rings. The molecule has 3 N–H and O–H groups in total. The van der Waals surface area contributed by atoms with E-state index in [2.05, 4.69) is 26.1 Å². The van der Waals surface area contributed by atoms with Gasteiger partial charge in [0, 0.05) is 30.3 Å². The van der Waals surface area contributed by atoms with Crippen LogP contribution in [0.15, 0.2) is 65.8 Å². The van der Waals surface area contributed by atoms with Crippen molar-refractivity contribution >= 4 is 35.3 Å². The van der Waals surface area contributed by atoms with E-state index < -0.39 is 6.03 Å². The number of hydrogen-bond donors (Lipinski definition) is 3. The molecular formula is C21H20N6O3S. The number of aromatic nitrogens is 3. The predicted octanol–water partition coefficient (Wildman–Crippen LogP) is 2.14. The van der Waals surface area contributed by atoms with Gasteiger partial charge in [0.25, 0.3) is 0 Å². The zero-order valence-corrected chi connectivity index (χ0v) is 17.3. The van der Waals surface area contributed by atoms with Crippen LogP contribution in [0, 0.1) is 0 Å². The summed E-state index contributed by atoms with van der Waals surface area (Å²) in [6.45, 7) is 0. The van der Waals surface area contributed by atoms with E-state index in [-0.39, 0.29) is 30.0 Å². The molecule has 1 unspecified atom stereocenters. The molecule has 0 radical (unpaired) electrons. The molecule has 2 heterocycles. The first-order chi connectivity index (χ1) is 15.1. The van der Waals surface area contributed by atoms with Crippen molar-refractivity contribution in [2.24, 2.45) is 0 Å². The van der Waals surface area contributed by atoms with E-state index in [9.17, 15) is 14.4 Å². The van der Waals surface area contributed by atoms with Gasteiger partial charge in [0.1, 0.15) is 5.82 Å². The highest BCUT2D eigenvalue weighted by Gasteiger charge is 2.26. The van der Waals surface area contributed by atoms with Crippen molar-refractivity contribution in [2.75, 3.05) is 11.1 Å². The van der Waals surface area contributed by atoms with Crippen molar-refractivity contribution in [3.05, 3.63) is 66.5 Å². The summed E-state index contributed by atoms with van der Waals surface area (Å²) in [5.74, 6) is 0.267. The van der Waals surface area contributed by atoms with Crippen LogP contribution in [0.4, 0.5) is 10.5 Å². The molecule has 31 heavy (non-hydrogen) atoms. The van der Waals surface area contributed by atoms with Crippen LogP contribution in [-0.2, 0) is 16.0 Å². The van der Waals surface area contributed by atoms with Gasteiger partial charge >= 0.3 is 6.03 Å². The molecule has 10 heteroatoms. The lowest BCUT2D eigenvalue weighted by Gasteiger charge is -2.23. The van der Waals surface area contributed by atoms with E-state index >= 15 is 0 Å². The van der Waals surface area contributed by atoms with Crippen molar-refractivity contribution in [2.45, 2.75) is 24.0 Å². The van der Waals surface area contributed by atoms with Gasteiger partial charge in [-0.15, -0.1) is 10.2 Å². The van der Waals surface area contributed by atoms with Crippen molar-refractivity contribution in [3.8, 4) is 5.69 Å². The Morgan fingerprint density at radius 1 is 1.06 bits per heavy atom. The van der Waals surface area contributed by atoms with Crippen molar-refractivity contribution < 1.29 is 14.4 Å². The third kappa shape index (κ3) is 5.28. The zero-order chi connectivity index (χ0) is 21.6. The van der Waals surface area contributed by atoms with E-state index in [1.165, 1.54) is 11.8 Å². The second-order valence-electron chi connectivity index (χ2n) is 6.90. The number of thioether (sulfide) groups is 1. The lowest BCUT2D eigenvalue weighted by molar-refractivity contribution is -0.121. The van der Waals surface area contributed by atoms with E-state index in [0.29, 0.717) is 17.4 Å². The number of para-hydroxylation sites is 2.